The molecule has 0 amide bonds. The maximum Gasteiger partial charge on any atom is 0.151 e. The van der Waals surface area contributed by atoms with Gasteiger partial charge in [0.25, 0.3) is 0 Å². The normalized spacial score (nSPS) is 19.1. The van der Waals surface area contributed by atoms with Gasteiger partial charge in [-0.3, -0.25) is 0 Å². The summed E-state index contributed by atoms with van der Waals surface area (Å²) in [5, 5.41) is 21.9. The number of ether oxygens (including phenoxy) is 1. The highest BCUT2D eigenvalue weighted by Crippen LogP contribution is 2.17. The van der Waals surface area contributed by atoms with Crippen molar-refractivity contribution >= 4 is 5.82 Å². The van der Waals surface area contributed by atoms with Gasteiger partial charge in [-0.1, -0.05) is 0 Å². The second-order valence-electron chi connectivity index (χ2n) is 6.47. The number of aromatic nitrogens is 2. The number of hydrogen-bond acceptors (Lipinski definition) is 7. The Morgan fingerprint density at radius 1 is 1.40 bits per heavy atom. The average molecular weight is 346 g/mol. The summed E-state index contributed by atoms with van der Waals surface area (Å²) >= 11 is 0. The molecule has 0 unspecified atom stereocenters. The third kappa shape index (κ3) is 5.52. The van der Waals surface area contributed by atoms with Crippen LogP contribution in [0.4, 0.5) is 5.82 Å². The summed E-state index contributed by atoms with van der Waals surface area (Å²) in [5.74, 6) is 1.68. The number of anilines is 1. The van der Waals surface area contributed by atoms with E-state index >= 15 is 0 Å². The van der Waals surface area contributed by atoms with Crippen LogP contribution in [0.2, 0.25) is 0 Å². The summed E-state index contributed by atoms with van der Waals surface area (Å²) < 4.78 is 10.7. The van der Waals surface area contributed by atoms with E-state index in [1.807, 2.05) is 31.2 Å². The van der Waals surface area contributed by atoms with E-state index in [4.69, 9.17) is 9.15 Å². The van der Waals surface area contributed by atoms with E-state index < -0.39 is 6.10 Å². The van der Waals surface area contributed by atoms with Crippen LogP contribution in [0, 0.1) is 6.92 Å². The Labute approximate surface area is 148 Å². The molecule has 2 aromatic heterocycles. The highest BCUT2D eigenvalue weighted by molar-refractivity contribution is 5.38. The zero-order chi connectivity index (χ0) is 17.5. The molecular weight excluding hydrogens is 320 g/mol. The van der Waals surface area contributed by atoms with E-state index in [0.717, 1.165) is 43.2 Å². The van der Waals surface area contributed by atoms with Crippen molar-refractivity contribution in [1.29, 1.82) is 0 Å². The van der Waals surface area contributed by atoms with Gasteiger partial charge in [-0.2, -0.15) is 5.10 Å². The SMILES string of the molecule is Cc1ccc(N2CCC[C@H](NC[C@@H](O)COCc3ccco3)C2)nn1. The van der Waals surface area contributed by atoms with Crippen molar-refractivity contribution in [2.75, 3.05) is 31.1 Å². The fourth-order valence-electron chi connectivity index (χ4n) is 2.96. The Balaban J connectivity index is 1.38. The molecule has 136 valence electrons. The molecule has 0 bridgehead atoms. The van der Waals surface area contributed by atoms with E-state index in [2.05, 4.69) is 20.4 Å². The monoisotopic (exact) mass is 346 g/mol. The lowest BCUT2D eigenvalue weighted by molar-refractivity contribution is 0.0213. The van der Waals surface area contributed by atoms with Crippen LogP contribution in [0.3, 0.4) is 0 Å². The first-order chi connectivity index (χ1) is 12.2. The van der Waals surface area contributed by atoms with Crippen LogP contribution in [-0.2, 0) is 11.3 Å². The molecule has 0 aromatic carbocycles. The highest BCUT2D eigenvalue weighted by Gasteiger charge is 2.21. The van der Waals surface area contributed by atoms with Crippen LogP contribution < -0.4 is 10.2 Å². The molecule has 1 aliphatic heterocycles. The molecule has 1 fully saturated rings. The molecule has 3 heterocycles. The van der Waals surface area contributed by atoms with E-state index in [0.29, 0.717) is 19.2 Å². The Bertz CT molecular complexity index is 618. The van der Waals surface area contributed by atoms with E-state index in [9.17, 15) is 5.11 Å². The topological polar surface area (TPSA) is 83.7 Å². The summed E-state index contributed by atoms with van der Waals surface area (Å²) in [5.41, 5.74) is 0.924. The Hall–Kier alpha value is -1.96. The fourth-order valence-corrected chi connectivity index (χ4v) is 2.96. The van der Waals surface area contributed by atoms with Crippen LogP contribution in [0.25, 0.3) is 0 Å². The lowest BCUT2D eigenvalue weighted by atomic mass is 10.1. The number of aliphatic hydroxyl groups is 1. The van der Waals surface area contributed by atoms with Crippen LogP contribution >= 0.6 is 0 Å². The smallest absolute Gasteiger partial charge is 0.151 e. The van der Waals surface area contributed by atoms with Gasteiger partial charge in [0, 0.05) is 25.7 Å². The van der Waals surface area contributed by atoms with Gasteiger partial charge in [-0.05, 0) is 44.0 Å². The van der Waals surface area contributed by atoms with E-state index in [-0.39, 0.29) is 6.61 Å². The highest BCUT2D eigenvalue weighted by atomic mass is 16.5. The minimum atomic E-state index is -0.537. The maximum absolute atomic E-state index is 10.1. The number of piperidine rings is 1. The Kier molecular flexibility index (Phi) is 6.38. The molecule has 0 spiro atoms. The molecular formula is C18H26N4O3. The van der Waals surface area contributed by atoms with Crippen molar-refractivity contribution in [1.82, 2.24) is 15.5 Å². The van der Waals surface area contributed by atoms with Gasteiger partial charge < -0.3 is 24.5 Å². The van der Waals surface area contributed by atoms with Crippen molar-refractivity contribution in [3.63, 3.8) is 0 Å². The number of nitrogens with one attached hydrogen (secondary N) is 1. The van der Waals surface area contributed by atoms with Crippen molar-refractivity contribution < 1.29 is 14.3 Å². The van der Waals surface area contributed by atoms with Gasteiger partial charge in [0.1, 0.15) is 12.4 Å². The summed E-state index contributed by atoms with van der Waals surface area (Å²) in [4.78, 5) is 2.24. The first-order valence-electron chi connectivity index (χ1n) is 8.77. The molecule has 1 aliphatic rings. The summed E-state index contributed by atoms with van der Waals surface area (Å²) in [7, 11) is 0. The minimum Gasteiger partial charge on any atom is -0.467 e. The predicted molar refractivity (Wildman–Crippen MR) is 94.4 cm³/mol. The van der Waals surface area contributed by atoms with Crippen LogP contribution in [-0.4, -0.2) is 53.7 Å². The Morgan fingerprint density at radius 2 is 2.32 bits per heavy atom. The summed E-state index contributed by atoms with van der Waals surface area (Å²) in [6.07, 6.45) is 3.27. The van der Waals surface area contributed by atoms with Crippen LogP contribution in [0.1, 0.15) is 24.3 Å². The second-order valence-corrected chi connectivity index (χ2v) is 6.47. The molecule has 0 saturated carbocycles. The molecule has 7 nitrogen and oxygen atoms in total. The first kappa shape index (κ1) is 17.8. The van der Waals surface area contributed by atoms with E-state index in [1.165, 1.54) is 0 Å². The molecule has 2 aromatic rings. The largest absolute Gasteiger partial charge is 0.467 e. The zero-order valence-electron chi connectivity index (χ0n) is 14.6. The number of aryl methyl sites for hydroxylation is 1. The van der Waals surface area contributed by atoms with Crippen molar-refractivity contribution in [3.8, 4) is 0 Å². The van der Waals surface area contributed by atoms with Gasteiger partial charge >= 0.3 is 0 Å². The quantitative estimate of drug-likeness (QED) is 0.749. The van der Waals surface area contributed by atoms with Crippen molar-refractivity contribution in [2.24, 2.45) is 0 Å². The van der Waals surface area contributed by atoms with Gasteiger partial charge in [-0.15, -0.1) is 5.10 Å². The maximum atomic E-state index is 10.1. The fraction of sp³-hybridized carbons (Fsp3) is 0.556. The zero-order valence-corrected chi connectivity index (χ0v) is 14.6. The van der Waals surface area contributed by atoms with Crippen molar-refractivity contribution in [2.45, 2.75) is 38.5 Å². The van der Waals surface area contributed by atoms with Gasteiger partial charge in [0.15, 0.2) is 5.82 Å². The van der Waals surface area contributed by atoms with Gasteiger partial charge in [-0.25, -0.2) is 0 Å². The van der Waals surface area contributed by atoms with Gasteiger partial charge in [0.2, 0.25) is 0 Å². The van der Waals surface area contributed by atoms with Crippen LogP contribution in [0.5, 0.6) is 0 Å². The molecule has 3 rings (SSSR count). The lowest BCUT2D eigenvalue weighted by Crippen LogP contribution is -2.48. The van der Waals surface area contributed by atoms with Crippen LogP contribution in [0.15, 0.2) is 34.9 Å². The number of rotatable bonds is 8. The predicted octanol–water partition coefficient (Wildman–Crippen LogP) is 1.51. The molecule has 2 atom stereocenters. The summed E-state index contributed by atoms with van der Waals surface area (Å²) in [6.45, 7) is 4.98. The van der Waals surface area contributed by atoms with E-state index in [1.54, 1.807) is 6.26 Å². The number of nitrogens with zero attached hydrogens (tertiary/aromatic N) is 3. The lowest BCUT2D eigenvalue weighted by Gasteiger charge is -2.34. The van der Waals surface area contributed by atoms with Gasteiger partial charge in [0.05, 0.1) is 24.7 Å². The second kappa shape index (κ2) is 8.94. The number of hydrogen-bond donors (Lipinski definition) is 2. The standard InChI is InChI=1S/C18H26N4O3/c1-14-6-7-18(21-20-14)22-8-2-4-15(11-22)19-10-16(23)12-24-13-17-5-3-9-25-17/h3,5-7,9,15-16,19,23H,2,4,8,10-13H2,1H3/t15-,16+/m0/s1. The first-order valence-corrected chi connectivity index (χ1v) is 8.77. The molecule has 1 saturated heterocycles. The third-order valence-electron chi connectivity index (χ3n) is 4.31. The molecule has 7 heteroatoms. The average Bonchev–Trinajstić information content (AvgIpc) is 3.14. The molecule has 0 aliphatic carbocycles. The molecule has 2 N–H and O–H groups in total. The Morgan fingerprint density at radius 3 is 3.08 bits per heavy atom. The minimum absolute atomic E-state index is 0.285. The van der Waals surface area contributed by atoms with Crippen molar-refractivity contribution in [3.05, 3.63) is 42.0 Å². The molecule has 0 radical (unpaired) electrons. The summed E-state index contributed by atoms with van der Waals surface area (Å²) in [6, 6.07) is 8.01. The molecule has 25 heavy (non-hydrogen) atoms. The number of aliphatic hydroxyl groups excluding tert-OH is 1. The number of furan rings is 1. The third-order valence-corrected chi connectivity index (χ3v) is 4.31.